The molecule has 22 heavy (non-hydrogen) atoms. The molecule has 0 fully saturated rings. The van der Waals surface area contributed by atoms with Crippen LogP contribution in [0, 0.1) is 17.6 Å². The standard InChI is InChI=1S/C14H17ClF2N2O3/c1-3-7(2)12(20)6-18-13(21)14(22)19-11-5-10(17)9(16)4-8(11)15/h4-5,7,12,20H,3,6H2,1-2H3,(H,18,21)(H,19,22). The number of amides is 2. The van der Waals surface area contributed by atoms with Gasteiger partial charge >= 0.3 is 11.8 Å². The Hall–Kier alpha value is -1.73. The number of aliphatic hydroxyl groups is 1. The number of anilines is 1. The zero-order chi connectivity index (χ0) is 16.9. The lowest BCUT2D eigenvalue weighted by molar-refractivity contribution is -0.136. The predicted molar refractivity (Wildman–Crippen MR) is 78.5 cm³/mol. The highest BCUT2D eigenvalue weighted by molar-refractivity contribution is 6.41. The second kappa shape index (κ2) is 8.05. The van der Waals surface area contributed by atoms with Gasteiger partial charge in [-0.15, -0.1) is 0 Å². The number of aliphatic hydroxyl groups excluding tert-OH is 1. The Morgan fingerprint density at radius 3 is 2.45 bits per heavy atom. The summed E-state index contributed by atoms with van der Waals surface area (Å²) in [5.41, 5.74) is -0.219. The first-order valence-electron chi connectivity index (χ1n) is 6.68. The fourth-order valence-corrected chi connectivity index (χ4v) is 1.75. The maximum Gasteiger partial charge on any atom is 0.313 e. The number of halogens is 3. The van der Waals surface area contributed by atoms with E-state index in [9.17, 15) is 23.5 Å². The number of benzene rings is 1. The zero-order valence-electron chi connectivity index (χ0n) is 12.1. The molecule has 8 heteroatoms. The first kappa shape index (κ1) is 18.3. The van der Waals surface area contributed by atoms with Crippen LogP contribution in [-0.2, 0) is 9.59 Å². The van der Waals surface area contributed by atoms with Crippen LogP contribution in [0.25, 0.3) is 0 Å². The Balaban J connectivity index is 2.62. The van der Waals surface area contributed by atoms with Crippen molar-refractivity contribution in [2.24, 2.45) is 5.92 Å². The van der Waals surface area contributed by atoms with E-state index < -0.39 is 29.6 Å². The minimum atomic E-state index is -1.20. The number of rotatable bonds is 5. The molecule has 0 bridgehead atoms. The van der Waals surface area contributed by atoms with Gasteiger partial charge in [-0.05, 0) is 12.0 Å². The van der Waals surface area contributed by atoms with Crippen LogP contribution in [0.5, 0.6) is 0 Å². The minimum absolute atomic E-state index is 0.0380. The molecule has 1 aromatic carbocycles. The van der Waals surface area contributed by atoms with Gasteiger partial charge in [0.05, 0.1) is 16.8 Å². The Labute approximate surface area is 131 Å². The number of hydrogen-bond donors (Lipinski definition) is 3. The maximum absolute atomic E-state index is 13.1. The number of carbonyl (C=O) groups is 2. The lowest BCUT2D eigenvalue weighted by atomic mass is 10.0. The molecular formula is C14H17ClF2N2O3. The van der Waals surface area contributed by atoms with Gasteiger partial charge < -0.3 is 15.7 Å². The van der Waals surface area contributed by atoms with E-state index in [1.165, 1.54) is 0 Å². The summed E-state index contributed by atoms with van der Waals surface area (Å²) in [4.78, 5) is 23.2. The quantitative estimate of drug-likeness (QED) is 0.570. The van der Waals surface area contributed by atoms with E-state index in [1.54, 1.807) is 6.92 Å². The third kappa shape index (κ3) is 4.92. The van der Waals surface area contributed by atoms with Crippen molar-refractivity contribution in [3.05, 3.63) is 28.8 Å². The average molecular weight is 335 g/mol. The summed E-state index contributed by atoms with van der Waals surface area (Å²) in [7, 11) is 0. The van der Waals surface area contributed by atoms with Crippen molar-refractivity contribution in [2.45, 2.75) is 26.4 Å². The molecule has 1 rings (SSSR count). The van der Waals surface area contributed by atoms with Gasteiger partial charge in [-0.1, -0.05) is 31.9 Å². The molecule has 0 heterocycles. The van der Waals surface area contributed by atoms with Crippen molar-refractivity contribution in [2.75, 3.05) is 11.9 Å². The lowest BCUT2D eigenvalue weighted by Crippen LogP contribution is -2.41. The first-order valence-corrected chi connectivity index (χ1v) is 7.05. The molecule has 2 unspecified atom stereocenters. The normalized spacial score (nSPS) is 13.4. The highest BCUT2D eigenvalue weighted by Gasteiger charge is 2.19. The second-order valence-corrected chi connectivity index (χ2v) is 5.27. The van der Waals surface area contributed by atoms with Crippen molar-refractivity contribution in [1.29, 1.82) is 0 Å². The van der Waals surface area contributed by atoms with E-state index in [1.807, 2.05) is 6.92 Å². The van der Waals surface area contributed by atoms with Gasteiger partial charge in [0, 0.05) is 12.6 Å². The van der Waals surface area contributed by atoms with E-state index in [0.717, 1.165) is 0 Å². The Bertz CT molecular complexity index is 569. The maximum atomic E-state index is 13.1. The van der Waals surface area contributed by atoms with Crippen LogP contribution in [0.15, 0.2) is 12.1 Å². The first-order chi connectivity index (χ1) is 10.3. The monoisotopic (exact) mass is 334 g/mol. The molecule has 0 aliphatic carbocycles. The molecule has 1 aromatic rings. The molecule has 122 valence electrons. The molecule has 3 N–H and O–H groups in total. The van der Waals surface area contributed by atoms with Gasteiger partial charge in [0.15, 0.2) is 11.6 Å². The summed E-state index contributed by atoms with van der Waals surface area (Å²) in [6.07, 6.45) is -0.0677. The zero-order valence-corrected chi connectivity index (χ0v) is 12.9. The average Bonchev–Trinajstić information content (AvgIpc) is 2.48. The van der Waals surface area contributed by atoms with E-state index in [2.05, 4.69) is 10.6 Å². The van der Waals surface area contributed by atoms with Crippen molar-refractivity contribution in [1.82, 2.24) is 5.32 Å². The van der Waals surface area contributed by atoms with Gasteiger partial charge in [-0.25, -0.2) is 8.78 Å². The molecule has 2 amide bonds. The number of nitrogens with one attached hydrogen (secondary N) is 2. The van der Waals surface area contributed by atoms with Crippen LogP contribution in [0.2, 0.25) is 5.02 Å². The fourth-order valence-electron chi connectivity index (χ4n) is 1.55. The molecule has 0 aliphatic rings. The Morgan fingerprint density at radius 1 is 1.27 bits per heavy atom. The third-order valence-electron chi connectivity index (χ3n) is 3.24. The van der Waals surface area contributed by atoms with Crippen LogP contribution in [-0.4, -0.2) is 29.6 Å². The van der Waals surface area contributed by atoms with Crippen molar-refractivity contribution >= 4 is 29.1 Å². The van der Waals surface area contributed by atoms with Crippen molar-refractivity contribution < 1.29 is 23.5 Å². The number of carbonyl (C=O) groups excluding carboxylic acids is 2. The summed E-state index contributed by atoms with van der Waals surface area (Å²) in [6.45, 7) is 3.60. The minimum Gasteiger partial charge on any atom is -0.391 e. The van der Waals surface area contributed by atoms with Gasteiger partial charge in [0.1, 0.15) is 0 Å². The number of hydrogen-bond acceptors (Lipinski definition) is 3. The van der Waals surface area contributed by atoms with Crippen LogP contribution < -0.4 is 10.6 Å². The Kier molecular flexibility index (Phi) is 6.70. The lowest BCUT2D eigenvalue weighted by Gasteiger charge is -2.17. The third-order valence-corrected chi connectivity index (χ3v) is 3.55. The van der Waals surface area contributed by atoms with Crippen LogP contribution >= 0.6 is 11.6 Å². The summed E-state index contributed by atoms with van der Waals surface area (Å²) in [5.74, 6) is -4.51. The summed E-state index contributed by atoms with van der Waals surface area (Å²) >= 11 is 5.65. The van der Waals surface area contributed by atoms with Crippen LogP contribution in [0.3, 0.4) is 0 Å². The van der Waals surface area contributed by atoms with Gasteiger partial charge in [0.25, 0.3) is 0 Å². The smallest absolute Gasteiger partial charge is 0.313 e. The van der Waals surface area contributed by atoms with Crippen molar-refractivity contribution in [3.8, 4) is 0 Å². The molecule has 0 saturated heterocycles. The summed E-state index contributed by atoms with van der Waals surface area (Å²) < 4.78 is 26.0. The van der Waals surface area contributed by atoms with E-state index in [-0.39, 0.29) is 23.2 Å². The molecule has 0 aromatic heterocycles. The van der Waals surface area contributed by atoms with Crippen LogP contribution in [0.4, 0.5) is 14.5 Å². The highest BCUT2D eigenvalue weighted by atomic mass is 35.5. The molecule has 0 aliphatic heterocycles. The molecule has 2 atom stereocenters. The van der Waals surface area contributed by atoms with E-state index in [0.29, 0.717) is 18.6 Å². The van der Waals surface area contributed by atoms with Gasteiger partial charge in [-0.2, -0.15) is 0 Å². The fraction of sp³-hybridized carbons (Fsp3) is 0.429. The molecule has 5 nitrogen and oxygen atoms in total. The summed E-state index contributed by atoms with van der Waals surface area (Å²) in [6, 6.07) is 1.37. The molecule has 0 saturated carbocycles. The Morgan fingerprint density at radius 2 is 1.86 bits per heavy atom. The predicted octanol–water partition coefficient (Wildman–Crippen LogP) is 2.08. The molecule has 0 radical (unpaired) electrons. The van der Waals surface area contributed by atoms with E-state index in [4.69, 9.17) is 11.6 Å². The van der Waals surface area contributed by atoms with Gasteiger partial charge in [-0.3, -0.25) is 9.59 Å². The second-order valence-electron chi connectivity index (χ2n) is 4.86. The highest BCUT2D eigenvalue weighted by Crippen LogP contribution is 2.24. The largest absolute Gasteiger partial charge is 0.391 e. The van der Waals surface area contributed by atoms with Gasteiger partial charge in [0.2, 0.25) is 0 Å². The molecule has 0 spiro atoms. The summed E-state index contributed by atoms with van der Waals surface area (Å²) in [5, 5.41) is 13.8. The topological polar surface area (TPSA) is 78.4 Å². The van der Waals surface area contributed by atoms with Crippen LogP contribution in [0.1, 0.15) is 20.3 Å². The SMILES string of the molecule is CCC(C)C(O)CNC(=O)C(=O)Nc1cc(F)c(F)cc1Cl. The van der Waals surface area contributed by atoms with Crippen molar-refractivity contribution in [3.63, 3.8) is 0 Å². The van der Waals surface area contributed by atoms with E-state index >= 15 is 0 Å². The molecular weight excluding hydrogens is 318 g/mol.